The molecule has 0 saturated carbocycles. The van der Waals surface area contributed by atoms with Gasteiger partial charge in [0.05, 0.1) is 0 Å². The van der Waals surface area contributed by atoms with Crippen LogP contribution in [0.2, 0.25) is 0 Å². The van der Waals surface area contributed by atoms with E-state index in [1.165, 1.54) is 172 Å². The van der Waals surface area contributed by atoms with Crippen molar-refractivity contribution in [3.05, 3.63) is 93.7 Å². The van der Waals surface area contributed by atoms with Crippen LogP contribution in [0.1, 0.15) is 163 Å². The number of unbranched alkanes of at least 4 members (excludes halogenated alkanes) is 18. The minimum Gasteiger partial charge on any atom is -0.140 e. The van der Waals surface area contributed by atoms with Gasteiger partial charge in [0.25, 0.3) is 0 Å². The molecule has 0 spiro atoms. The van der Waals surface area contributed by atoms with Gasteiger partial charge in [-0.15, -0.1) is 22.7 Å². The van der Waals surface area contributed by atoms with Crippen LogP contribution >= 0.6 is 22.7 Å². The van der Waals surface area contributed by atoms with E-state index in [4.69, 9.17) is 0 Å². The minimum atomic E-state index is 1.07. The lowest BCUT2D eigenvalue weighted by Crippen LogP contribution is -1.84. The largest absolute Gasteiger partial charge is 0.140 e. The van der Waals surface area contributed by atoms with Crippen LogP contribution in [0.4, 0.5) is 0 Å². The van der Waals surface area contributed by atoms with Crippen molar-refractivity contribution in [3.8, 4) is 32.7 Å². The molecule has 0 nitrogen and oxygen atoms in total. The number of thiophene rings is 2. The maximum absolute atomic E-state index is 3.38. The Labute approximate surface area is 302 Å². The van der Waals surface area contributed by atoms with Crippen molar-refractivity contribution >= 4 is 22.7 Å². The monoisotopic (exact) mass is 678 g/mol. The molecule has 4 aromatic rings. The summed E-state index contributed by atoms with van der Waals surface area (Å²) < 4.78 is 0. The van der Waals surface area contributed by atoms with E-state index < -0.39 is 0 Å². The molecule has 0 radical (unpaired) electrons. The lowest BCUT2D eigenvalue weighted by Gasteiger charge is -2.02. The SMILES string of the molecule is CCCCCCCCCCCCc1ccc(-c2ccc(C#Cc3ccc(-c4ccc(CCCCCCCCCCCC)s4)cc3)cc2)s1. The van der Waals surface area contributed by atoms with Gasteiger partial charge in [0.2, 0.25) is 0 Å². The second kappa shape index (κ2) is 23.7. The standard InChI is InChI=1S/C46H62S2/c1-3-5-7-9-11-13-15-17-19-21-23-43-35-37-45(47-43)41-31-27-39(28-32-41)25-26-40-29-33-42(34-30-40)46-38-36-44(48-46)24-22-20-18-16-14-12-10-8-6-4-2/h27-38H,3-24H2,1-2H3. The first kappa shape index (κ1) is 38.2. The number of aryl methyl sites for hydroxylation is 2. The van der Waals surface area contributed by atoms with Gasteiger partial charge >= 0.3 is 0 Å². The highest BCUT2D eigenvalue weighted by molar-refractivity contribution is 7.15. The normalized spacial score (nSPS) is 11.1. The molecule has 2 heterocycles. The van der Waals surface area contributed by atoms with Crippen LogP contribution in [0, 0.1) is 11.8 Å². The summed E-state index contributed by atoms with van der Waals surface area (Å²) in [5.41, 5.74) is 4.74. The molecule has 0 aliphatic carbocycles. The molecule has 0 N–H and O–H groups in total. The predicted molar refractivity (Wildman–Crippen MR) is 217 cm³/mol. The summed E-state index contributed by atoms with van der Waals surface area (Å²) in [7, 11) is 0. The van der Waals surface area contributed by atoms with Gasteiger partial charge in [-0.05, 0) is 85.3 Å². The highest BCUT2D eigenvalue weighted by Gasteiger charge is 2.05. The Balaban J connectivity index is 1.13. The summed E-state index contributed by atoms with van der Waals surface area (Å²) in [6.07, 6.45) is 30.4. The van der Waals surface area contributed by atoms with Gasteiger partial charge in [0.15, 0.2) is 0 Å². The third-order valence-corrected chi connectivity index (χ3v) is 12.0. The van der Waals surface area contributed by atoms with Gasteiger partial charge in [-0.3, -0.25) is 0 Å². The van der Waals surface area contributed by atoms with E-state index in [0.29, 0.717) is 0 Å². The van der Waals surface area contributed by atoms with Crippen LogP contribution in [0.5, 0.6) is 0 Å². The highest BCUT2D eigenvalue weighted by Crippen LogP contribution is 2.31. The molecule has 0 amide bonds. The second-order valence-corrected chi connectivity index (χ2v) is 16.1. The van der Waals surface area contributed by atoms with E-state index in [9.17, 15) is 0 Å². The van der Waals surface area contributed by atoms with E-state index in [2.05, 4.69) is 98.5 Å². The van der Waals surface area contributed by atoms with E-state index in [1.807, 2.05) is 22.7 Å². The molecule has 0 aliphatic rings. The Morgan fingerprint density at radius 2 is 0.667 bits per heavy atom. The fourth-order valence-electron chi connectivity index (χ4n) is 6.49. The van der Waals surface area contributed by atoms with Crippen molar-refractivity contribution in [2.75, 3.05) is 0 Å². The van der Waals surface area contributed by atoms with Gasteiger partial charge < -0.3 is 0 Å². The number of benzene rings is 2. The fourth-order valence-corrected chi connectivity index (χ4v) is 8.60. The van der Waals surface area contributed by atoms with Crippen molar-refractivity contribution in [1.82, 2.24) is 0 Å². The fraction of sp³-hybridized carbons (Fsp3) is 0.522. The van der Waals surface area contributed by atoms with E-state index in [-0.39, 0.29) is 0 Å². The van der Waals surface area contributed by atoms with Crippen molar-refractivity contribution in [2.24, 2.45) is 0 Å². The van der Waals surface area contributed by atoms with E-state index >= 15 is 0 Å². The van der Waals surface area contributed by atoms with Gasteiger partial charge in [-0.1, -0.05) is 166 Å². The van der Waals surface area contributed by atoms with Gasteiger partial charge in [0.1, 0.15) is 0 Å². The van der Waals surface area contributed by atoms with Crippen molar-refractivity contribution in [3.63, 3.8) is 0 Å². The lowest BCUT2D eigenvalue weighted by atomic mass is 10.1. The minimum absolute atomic E-state index is 1.07. The van der Waals surface area contributed by atoms with Crippen LogP contribution < -0.4 is 0 Å². The Morgan fingerprint density at radius 1 is 0.354 bits per heavy atom. The first-order chi connectivity index (χ1) is 23.7. The van der Waals surface area contributed by atoms with E-state index in [1.54, 1.807) is 0 Å². The third kappa shape index (κ3) is 14.9. The van der Waals surface area contributed by atoms with Crippen LogP contribution in [0.15, 0.2) is 72.8 Å². The molecule has 0 fully saturated rings. The third-order valence-electron chi connectivity index (χ3n) is 9.57. The van der Waals surface area contributed by atoms with Crippen LogP contribution in [0.3, 0.4) is 0 Å². The molecule has 0 atom stereocenters. The average Bonchev–Trinajstić information content (AvgIpc) is 3.80. The Hall–Kier alpha value is -2.60. The van der Waals surface area contributed by atoms with E-state index in [0.717, 1.165) is 11.1 Å². The average molecular weight is 679 g/mol. The lowest BCUT2D eigenvalue weighted by molar-refractivity contribution is 0.557. The van der Waals surface area contributed by atoms with Crippen LogP contribution in [0.25, 0.3) is 20.9 Å². The molecular weight excluding hydrogens is 617 g/mol. The maximum Gasteiger partial charge on any atom is 0.0345 e. The quantitative estimate of drug-likeness (QED) is 0.0511. The summed E-state index contributed by atoms with van der Waals surface area (Å²) in [4.78, 5) is 5.77. The number of rotatable bonds is 24. The van der Waals surface area contributed by atoms with Crippen molar-refractivity contribution < 1.29 is 0 Å². The zero-order valence-electron chi connectivity index (χ0n) is 30.3. The summed E-state index contributed by atoms with van der Waals surface area (Å²) in [5.74, 6) is 6.76. The first-order valence-corrected chi connectivity index (χ1v) is 21.3. The molecule has 4 rings (SSSR count). The zero-order chi connectivity index (χ0) is 33.5. The smallest absolute Gasteiger partial charge is 0.0345 e. The van der Waals surface area contributed by atoms with Gasteiger partial charge in [-0.25, -0.2) is 0 Å². The van der Waals surface area contributed by atoms with Crippen molar-refractivity contribution in [1.29, 1.82) is 0 Å². The Morgan fingerprint density at radius 3 is 1.00 bits per heavy atom. The molecule has 2 heteroatoms. The summed E-state index contributed by atoms with van der Waals surface area (Å²) >= 11 is 3.91. The van der Waals surface area contributed by atoms with Crippen molar-refractivity contribution in [2.45, 2.75) is 155 Å². The molecular formula is C46H62S2. The second-order valence-electron chi connectivity index (χ2n) is 13.8. The summed E-state index contributed by atoms with van der Waals surface area (Å²) in [6, 6.07) is 26.9. The number of hydrogen-bond donors (Lipinski definition) is 0. The molecule has 2 aromatic heterocycles. The molecule has 0 aliphatic heterocycles. The maximum atomic E-state index is 3.38. The first-order valence-electron chi connectivity index (χ1n) is 19.7. The highest BCUT2D eigenvalue weighted by atomic mass is 32.1. The summed E-state index contributed by atoms with van der Waals surface area (Å²) in [5, 5.41) is 0. The van der Waals surface area contributed by atoms with Crippen LogP contribution in [-0.2, 0) is 12.8 Å². The molecule has 0 unspecified atom stereocenters. The van der Waals surface area contributed by atoms with Crippen LogP contribution in [-0.4, -0.2) is 0 Å². The van der Waals surface area contributed by atoms with Gasteiger partial charge in [0, 0.05) is 30.6 Å². The molecule has 2 aromatic carbocycles. The zero-order valence-corrected chi connectivity index (χ0v) is 31.9. The molecule has 48 heavy (non-hydrogen) atoms. The molecule has 0 saturated heterocycles. The van der Waals surface area contributed by atoms with Gasteiger partial charge in [-0.2, -0.15) is 0 Å². The topological polar surface area (TPSA) is 0 Å². The number of hydrogen-bond acceptors (Lipinski definition) is 2. The molecule has 0 bridgehead atoms. The summed E-state index contributed by atoms with van der Waals surface area (Å²) in [6.45, 7) is 4.59. The predicted octanol–water partition coefficient (Wildman–Crippen LogP) is 15.5. The Bertz CT molecular complexity index is 1330. The molecule has 258 valence electrons. The Kier molecular flexibility index (Phi) is 18.9.